The average Bonchev–Trinajstić information content (AvgIpc) is 2.64. The Morgan fingerprint density at radius 1 is 1.67 bits per heavy atom. The first-order valence-electron chi connectivity index (χ1n) is 4.90. The highest BCUT2D eigenvalue weighted by Crippen LogP contribution is 2.11. The molecule has 2 N–H and O–H groups in total. The molecule has 0 aliphatic heterocycles. The van der Waals surface area contributed by atoms with Gasteiger partial charge in [-0.3, -0.25) is 4.79 Å². The number of carbonyl (C=O) groups is 1. The van der Waals surface area contributed by atoms with Crippen LogP contribution in [-0.2, 0) is 16.1 Å². The van der Waals surface area contributed by atoms with E-state index in [0.29, 0.717) is 12.5 Å². The summed E-state index contributed by atoms with van der Waals surface area (Å²) in [5.41, 5.74) is 5.66. The van der Waals surface area contributed by atoms with E-state index in [4.69, 9.17) is 5.73 Å². The lowest BCUT2D eigenvalue weighted by molar-refractivity contribution is -0.142. The van der Waals surface area contributed by atoms with Gasteiger partial charge in [-0.25, -0.2) is 4.98 Å². The third-order valence-corrected chi connectivity index (χ3v) is 2.16. The van der Waals surface area contributed by atoms with Crippen molar-refractivity contribution in [3.8, 4) is 0 Å². The van der Waals surface area contributed by atoms with Gasteiger partial charge in [-0.1, -0.05) is 13.8 Å². The largest absolute Gasteiger partial charge is 0.468 e. The van der Waals surface area contributed by atoms with E-state index in [0.717, 1.165) is 5.82 Å². The third kappa shape index (κ3) is 2.79. The van der Waals surface area contributed by atoms with Crippen molar-refractivity contribution in [1.82, 2.24) is 9.55 Å². The number of ether oxygens (including phenoxy) is 1. The molecule has 1 unspecified atom stereocenters. The van der Waals surface area contributed by atoms with E-state index in [2.05, 4.69) is 9.72 Å². The first-order chi connectivity index (χ1) is 7.06. The molecule has 0 radical (unpaired) electrons. The minimum atomic E-state index is -0.637. The number of hydrogen-bond donors (Lipinski definition) is 1. The van der Waals surface area contributed by atoms with Gasteiger partial charge in [0.05, 0.1) is 7.11 Å². The number of nitrogens with two attached hydrogens (primary N) is 1. The van der Waals surface area contributed by atoms with Crippen molar-refractivity contribution in [2.75, 3.05) is 7.11 Å². The van der Waals surface area contributed by atoms with Crippen LogP contribution in [0.5, 0.6) is 0 Å². The van der Waals surface area contributed by atoms with Crippen LogP contribution in [0.3, 0.4) is 0 Å². The zero-order valence-corrected chi connectivity index (χ0v) is 9.30. The van der Waals surface area contributed by atoms with Crippen molar-refractivity contribution in [1.29, 1.82) is 0 Å². The number of methoxy groups -OCH3 is 1. The van der Waals surface area contributed by atoms with Crippen LogP contribution in [0, 0.1) is 0 Å². The second-order valence-electron chi connectivity index (χ2n) is 3.72. The summed E-state index contributed by atoms with van der Waals surface area (Å²) in [5.74, 6) is 0.831. The Bertz CT molecular complexity index is 333. The molecule has 0 spiro atoms. The average molecular weight is 211 g/mol. The molecule has 0 aliphatic rings. The predicted octanol–water partition coefficient (Wildman–Crippen LogP) is 0.507. The van der Waals surface area contributed by atoms with E-state index in [1.54, 1.807) is 6.20 Å². The summed E-state index contributed by atoms with van der Waals surface area (Å²) in [6, 6.07) is -0.637. The van der Waals surface area contributed by atoms with Gasteiger partial charge in [0.25, 0.3) is 0 Å². The highest BCUT2D eigenvalue weighted by Gasteiger charge is 2.16. The van der Waals surface area contributed by atoms with Gasteiger partial charge >= 0.3 is 5.97 Å². The van der Waals surface area contributed by atoms with Crippen LogP contribution >= 0.6 is 0 Å². The van der Waals surface area contributed by atoms with Gasteiger partial charge in [-0.2, -0.15) is 0 Å². The molecule has 0 amide bonds. The van der Waals surface area contributed by atoms with Gasteiger partial charge in [0.2, 0.25) is 0 Å². The molecule has 0 aliphatic carbocycles. The highest BCUT2D eigenvalue weighted by molar-refractivity contribution is 5.75. The van der Waals surface area contributed by atoms with Crippen molar-refractivity contribution in [3.05, 3.63) is 18.2 Å². The molecule has 1 aromatic rings. The van der Waals surface area contributed by atoms with Crippen LogP contribution in [0.15, 0.2) is 12.4 Å². The van der Waals surface area contributed by atoms with E-state index in [1.807, 2.05) is 24.6 Å². The predicted molar refractivity (Wildman–Crippen MR) is 56.3 cm³/mol. The van der Waals surface area contributed by atoms with Gasteiger partial charge < -0.3 is 15.0 Å². The molecule has 1 aromatic heterocycles. The summed E-state index contributed by atoms with van der Waals surface area (Å²) >= 11 is 0. The first-order valence-corrected chi connectivity index (χ1v) is 4.90. The van der Waals surface area contributed by atoms with E-state index in [1.165, 1.54) is 7.11 Å². The van der Waals surface area contributed by atoms with Crippen LogP contribution in [0.4, 0.5) is 0 Å². The lowest BCUT2D eigenvalue weighted by atomic mass is 10.2. The van der Waals surface area contributed by atoms with Gasteiger partial charge in [0.15, 0.2) is 0 Å². The van der Waals surface area contributed by atoms with Crippen LogP contribution in [0.25, 0.3) is 0 Å². The molecule has 0 bridgehead atoms. The van der Waals surface area contributed by atoms with Gasteiger partial charge in [0, 0.05) is 24.9 Å². The molecular formula is C10H17N3O2. The molecule has 84 valence electrons. The topological polar surface area (TPSA) is 70.1 Å². The normalized spacial score (nSPS) is 12.9. The van der Waals surface area contributed by atoms with Crippen molar-refractivity contribution in [3.63, 3.8) is 0 Å². The molecular weight excluding hydrogens is 194 g/mol. The van der Waals surface area contributed by atoms with Crippen molar-refractivity contribution in [2.24, 2.45) is 5.73 Å². The molecule has 15 heavy (non-hydrogen) atoms. The number of esters is 1. The Morgan fingerprint density at radius 3 is 2.87 bits per heavy atom. The number of hydrogen-bond acceptors (Lipinski definition) is 4. The van der Waals surface area contributed by atoms with Crippen LogP contribution in [0.1, 0.15) is 25.6 Å². The molecule has 0 saturated heterocycles. The van der Waals surface area contributed by atoms with E-state index >= 15 is 0 Å². The summed E-state index contributed by atoms with van der Waals surface area (Å²) in [5, 5.41) is 0. The smallest absolute Gasteiger partial charge is 0.324 e. The quantitative estimate of drug-likeness (QED) is 0.736. The second kappa shape index (κ2) is 4.93. The van der Waals surface area contributed by atoms with Gasteiger partial charge in [-0.05, 0) is 0 Å². The third-order valence-electron chi connectivity index (χ3n) is 2.16. The van der Waals surface area contributed by atoms with E-state index in [9.17, 15) is 4.79 Å². The summed E-state index contributed by atoms with van der Waals surface area (Å²) in [4.78, 5) is 15.3. The maximum atomic E-state index is 11.1. The second-order valence-corrected chi connectivity index (χ2v) is 3.72. The molecule has 0 aromatic carbocycles. The van der Waals surface area contributed by atoms with E-state index < -0.39 is 12.0 Å². The van der Waals surface area contributed by atoms with Crippen LogP contribution in [0.2, 0.25) is 0 Å². The van der Waals surface area contributed by atoms with Crippen LogP contribution in [-0.4, -0.2) is 28.7 Å². The number of aromatic nitrogens is 2. The van der Waals surface area contributed by atoms with Crippen LogP contribution < -0.4 is 5.73 Å². The van der Waals surface area contributed by atoms with Crippen molar-refractivity contribution < 1.29 is 9.53 Å². The maximum absolute atomic E-state index is 11.1. The zero-order valence-electron chi connectivity index (χ0n) is 9.30. The van der Waals surface area contributed by atoms with Gasteiger partial charge in [0.1, 0.15) is 11.9 Å². The summed E-state index contributed by atoms with van der Waals surface area (Å²) in [6.45, 7) is 4.49. The zero-order chi connectivity index (χ0) is 11.4. The van der Waals surface area contributed by atoms with E-state index in [-0.39, 0.29) is 0 Å². The molecule has 5 nitrogen and oxygen atoms in total. The molecule has 0 fully saturated rings. The summed E-state index contributed by atoms with van der Waals surface area (Å²) in [7, 11) is 1.33. The summed E-state index contributed by atoms with van der Waals surface area (Å²) < 4.78 is 6.44. The fraction of sp³-hybridized carbons (Fsp3) is 0.600. The fourth-order valence-electron chi connectivity index (χ4n) is 1.41. The van der Waals surface area contributed by atoms with Crippen molar-refractivity contribution in [2.45, 2.75) is 32.4 Å². The molecule has 1 atom stereocenters. The Labute approximate surface area is 89.2 Å². The number of carbonyl (C=O) groups excluding carboxylic acids is 1. The maximum Gasteiger partial charge on any atom is 0.324 e. The molecule has 1 rings (SSSR count). The lowest BCUT2D eigenvalue weighted by Crippen LogP contribution is -2.36. The molecule has 5 heteroatoms. The number of rotatable bonds is 4. The number of nitrogens with zero attached hydrogens (tertiary/aromatic N) is 2. The Morgan fingerprint density at radius 2 is 2.33 bits per heavy atom. The van der Waals surface area contributed by atoms with Crippen molar-refractivity contribution >= 4 is 5.97 Å². The first kappa shape index (κ1) is 11.7. The molecule has 0 saturated carbocycles. The minimum absolute atomic E-state index is 0.310. The fourth-order valence-corrected chi connectivity index (χ4v) is 1.41. The Balaban J connectivity index is 2.72. The Hall–Kier alpha value is -1.36. The number of imidazole rings is 1. The monoisotopic (exact) mass is 211 g/mol. The van der Waals surface area contributed by atoms with Gasteiger partial charge in [-0.15, -0.1) is 0 Å². The lowest BCUT2D eigenvalue weighted by Gasteiger charge is -2.13. The Kier molecular flexibility index (Phi) is 3.85. The standard InChI is InChI=1S/C10H17N3O2/c1-7(2)9-12-4-5-13(9)6-8(11)10(14)15-3/h4-5,7-8H,6,11H2,1-3H3. The highest BCUT2D eigenvalue weighted by atomic mass is 16.5. The minimum Gasteiger partial charge on any atom is -0.468 e. The summed E-state index contributed by atoms with van der Waals surface area (Å²) in [6.07, 6.45) is 3.53. The molecule has 1 heterocycles. The SMILES string of the molecule is COC(=O)C(N)Cn1ccnc1C(C)C.